The van der Waals surface area contributed by atoms with Crippen LogP contribution in [0.4, 0.5) is 5.82 Å². The molecule has 2 rings (SSSR count). The van der Waals surface area contributed by atoms with Gasteiger partial charge < -0.3 is 15.4 Å². The smallest absolute Gasteiger partial charge is 0.352 e. The predicted molar refractivity (Wildman–Crippen MR) is 75.9 cm³/mol. The van der Waals surface area contributed by atoms with Crippen molar-refractivity contribution in [1.82, 2.24) is 14.7 Å². The highest BCUT2D eigenvalue weighted by molar-refractivity contribution is 7.15. The molecule has 0 aliphatic rings. The molecule has 2 unspecified atom stereocenters. The Labute approximate surface area is 115 Å². The van der Waals surface area contributed by atoms with Crippen molar-refractivity contribution in [3.8, 4) is 0 Å². The van der Waals surface area contributed by atoms with E-state index in [1.165, 1.54) is 11.3 Å². The van der Waals surface area contributed by atoms with E-state index >= 15 is 0 Å². The average molecular weight is 282 g/mol. The number of nitrogens with zero attached hydrogens (tertiary/aromatic N) is 3. The third-order valence-electron chi connectivity index (χ3n) is 3.38. The van der Waals surface area contributed by atoms with Gasteiger partial charge in [0.05, 0.1) is 0 Å². The maximum atomic E-state index is 11.3. The topological polar surface area (TPSA) is 72.5 Å². The number of nitro groups is 1. The van der Waals surface area contributed by atoms with Crippen molar-refractivity contribution in [3.05, 3.63) is 27.4 Å². The summed E-state index contributed by atoms with van der Waals surface area (Å²) in [6.45, 7) is 6.96. The zero-order chi connectivity index (χ0) is 14.0. The van der Waals surface area contributed by atoms with Crippen LogP contribution in [0.25, 0.3) is 4.96 Å². The average Bonchev–Trinajstić information content (AvgIpc) is 2.94. The van der Waals surface area contributed by atoms with Crippen molar-refractivity contribution in [2.45, 2.75) is 39.2 Å². The van der Waals surface area contributed by atoms with Crippen molar-refractivity contribution in [2.75, 3.05) is 6.54 Å². The first-order valence-electron chi connectivity index (χ1n) is 6.43. The highest BCUT2D eigenvalue weighted by Gasteiger charge is 2.30. The van der Waals surface area contributed by atoms with Crippen LogP contribution in [0, 0.1) is 10.1 Å². The Hall–Kier alpha value is -1.47. The fourth-order valence-electron chi connectivity index (χ4n) is 2.40. The molecule has 19 heavy (non-hydrogen) atoms. The van der Waals surface area contributed by atoms with E-state index in [-0.39, 0.29) is 22.7 Å². The molecule has 2 atom stereocenters. The molecular formula is C12H18N4O2S. The summed E-state index contributed by atoms with van der Waals surface area (Å²) < 4.78 is 1.56. The minimum absolute atomic E-state index is 0.0115. The number of hydrogen-bond acceptors (Lipinski definition) is 5. The van der Waals surface area contributed by atoms with E-state index in [2.05, 4.69) is 17.2 Å². The predicted octanol–water partition coefficient (Wildman–Crippen LogP) is 2.80. The van der Waals surface area contributed by atoms with Gasteiger partial charge in [0, 0.05) is 17.3 Å². The third-order valence-corrected chi connectivity index (χ3v) is 4.13. The second kappa shape index (κ2) is 5.66. The van der Waals surface area contributed by atoms with Gasteiger partial charge >= 0.3 is 5.82 Å². The van der Waals surface area contributed by atoms with Crippen LogP contribution in [0.5, 0.6) is 0 Å². The molecule has 0 fully saturated rings. The van der Waals surface area contributed by atoms with Gasteiger partial charge in [-0.25, -0.2) is 0 Å². The molecular weight excluding hydrogens is 264 g/mol. The molecule has 0 bridgehead atoms. The number of rotatable bonds is 6. The number of likely N-dealkylation sites (N-methyl/N-ethyl adjacent to an activating group) is 1. The standard InChI is InChI=1S/C12H18N4O2S/c1-4-9(13-5-2)8(3)10-11(16(17)18)15-6-7-19-12(15)14-10/h6-9,13H,4-5H2,1-3H3. The number of imidazole rings is 1. The van der Waals surface area contributed by atoms with E-state index in [9.17, 15) is 10.1 Å². The Morgan fingerprint density at radius 3 is 2.89 bits per heavy atom. The van der Waals surface area contributed by atoms with E-state index in [1.54, 1.807) is 10.6 Å². The minimum atomic E-state index is -0.336. The summed E-state index contributed by atoms with van der Waals surface area (Å²) in [5, 5.41) is 16.5. The van der Waals surface area contributed by atoms with Crippen LogP contribution in [0.3, 0.4) is 0 Å². The summed E-state index contributed by atoms with van der Waals surface area (Å²) in [4.78, 5) is 16.1. The molecule has 2 aromatic heterocycles. The molecule has 0 saturated carbocycles. The van der Waals surface area contributed by atoms with Crippen LogP contribution >= 0.6 is 11.3 Å². The normalized spacial score (nSPS) is 14.7. The van der Waals surface area contributed by atoms with E-state index in [4.69, 9.17) is 0 Å². The summed E-state index contributed by atoms with van der Waals surface area (Å²) in [6, 6.07) is 0.202. The summed E-state index contributed by atoms with van der Waals surface area (Å²) in [5.41, 5.74) is 0.574. The van der Waals surface area contributed by atoms with Crippen LogP contribution in [0.15, 0.2) is 11.6 Å². The number of fused-ring (bicyclic) bond motifs is 1. The highest BCUT2D eigenvalue weighted by atomic mass is 32.1. The van der Waals surface area contributed by atoms with E-state index < -0.39 is 0 Å². The molecule has 0 aliphatic heterocycles. The summed E-state index contributed by atoms with van der Waals surface area (Å²) in [5.74, 6) is 0.109. The van der Waals surface area contributed by atoms with Crippen LogP contribution in [-0.2, 0) is 0 Å². The van der Waals surface area contributed by atoms with Gasteiger partial charge in [-0.15, -0.1) is 0 Å². The van der Waals surface area contributed by atoms with E-state index in [1.807, 2.05) is 19.2 Å². The Morgan fingerprint density at radius 1 is 1.58 bits per heavy atom. The molecule has 7 heteroatoms. The molecule has 6 nitrogen and oxygen atoms in total. The monoisotopic (exact) mass is 282 g/mol. The van der Waals surface area contributed by atoms with Gasteiger partial charge in [-0.3, -0.25) is 0 Å². The largest absolute Gasteiger partial charge is 0.358 e. The number of nitrogens with one attached hydrogen (secondary N) is 1. The highest BCUT2D eigenvalue weighted by Crippen LogP contribution is 2.31. The minimum Gasteiger partial charge on any atom is -0.358 e. The van der Waals surface area contributed by atoms with E-state index in [0.717, 1.165) is 13.0 Å². The fourth-order valence-corrected chi connectivity index (χ4v) is 3.12. The molecule has 0 spiro atoms. The molecule has 2 aromatic rings. The number of thiazole rings is 1. The first-order chi connectivity index (χ1) is 9.10. The van der Waals surface area contributed by atoms with Crippen LogP contribution < -0.4 is 5.32 Å². The summed E-state index contributed by atoms with van der Waals surface area (Å²) in [7, 11) is 0. The molecule has 0 radical (unpaired) electrons. The Balaban J connectivity index is 2.45. The van der Waals surface area contributed by atoms with Gasteiger partial charge in [-0.1, -0.05) is 32.1 Å². The maximum Gasteiger partial charge on any atom is 0.352 e. The summed E-state index contributed by atoms with van der Waals surface area (Å²) in [6.07, 6.45) is 2.62. The second-order valence-corrected chi connectivity index (χ2v) is 5.37. The number of aromatic nitrogens is 2. The van der Waals surface area contributed by atoms with Crippen molar-refractivity contribution in [3.63, 3.8) is 0 Å². The lowest BCUT2D eigenvalue weighted by molar-refractivity contribution is -0.391. The van der Waals surface area contributed by atoms with Crippen molar-refractivity contribution in [1.29, 1.82) is 0 Å². The third kappa shape index (κ3) is 2.48. The zero-order valence-electron chi connectivity index (χ0n) is 11.3. The molecule has 0 amide bonds. The summed E-state index contributed by atoms with van der Waals surface area (Å²) >= 11 is 1.42. The molecule has 0 aromatic carbocycles. The molecule has 2 heterocycles. The maximum absolute atomic E-state index is 11.3. The lowest BCUT2D eigenvalue weighted by Crippen LogP contribution is -2.33. The Morgan fingerprint density at radius 2 is 2.32 bits per heavy atom. The molecule has 104 valence electrons. The Bertz CT molecular complexity index is 577. The quantitative estimate of drug-likeness (QED) is 0.653. The lowest BCUT2D eigenvalue weighted by Gasteiger charge is -2.21. The zero-order valence-corrected chi connectivity index (χ0v) is 12.1. The van der Waals surface area contributed by atoms with Crippen LogP contribution in [0.2, 0.25) is 0 Å². The van der Waals surface area contributed by atoms with Crippen molar-refractivity contribution < 1.29 is 4.92 Å². The van der Waals surface area contributed by atoms with Gasteiger partial charge in [-0.05, 0) is 17.9 Å². The number of hydrogen-bond donors (Lipinski definition) is 1. The van der Waals surface area contributed by atoms with Crippen molar-refractivity contribution >= 4 is 22.1 Å². The van der Waals surface area contributed by atoms with E-state index in [0.29, 0.717) is 10.7 Å². The van der Waals surface area contributed by atoms with Gasteiger partial charge in [0.25, 0.3) is 4.96 Å². The first kappa shape index (κ1) is 14.0. The van der Waals surface area contributed by atoms with Crippen LogP contribution in [-0.4, -0.2) is 26.9 Å². The molecule has 1 N–H and O–H groups in total. The van der Waals surface area contributed by atoms with Crippen LogP contribution in [0.1, 0.15) is 38.8 Å². The second-order valence-electron chi connectivity index (χ2n) is 4.49. The van der Waals surface area contributed by atoms with Gasteiger partial charge in [0.15, 0.2) is 0 Å². The SMILES string of the molecule is CCNC(CC)C(C)c1nc2sccn2c1[N+](=O)[O-]. The lowest BCUT2D eigenvalue weighted by atomic mass is 9.96. The fraction of sp³-hybridized carbons (Fsp3) is 0.583. The molecule has 0 aliphatic carbocycles. The van der Waals surface area contributed by atoms with Crippen molar-refractivity contribution in [2.24, 2.45) is 0 Å². The first-order valence-corrected chi connectivity index (χ1v) is 7.31. The van der Waals surface area contributed by atoms with Gasteiger partial charge in [0.2, 0.25) is 0 Å². The molecule has 0 saturated heterocycles. The van der Waals surface area contributed by atoms with Gasteiger partial charge in [-0.2, -0.15) is 9.38 Å². The Kier molecular flexibility index (Phi) is 4.16. The van der Waals surface area contributed by atoms with Gasteiger partial charge in [0.1, 0.15) is 11.9 Å².